The lowest BCUT2D eigenvalue weighted by Crippen LogP contribution is -2.40. The fraction of sp³-hybridized carbons (Fsp3) is 0.533. The van der Waals surface area contributed by atoms with Crippen LogP contribution in [0.25, 0.3) is 10.2 Å². The number of fused-ring (bicyclic) bond motifs is 2. The number of carbonyl (C=O) groups excluding carboxylic acids is 2. The fourth-order valence-corrected chi connectivity index (χ4v) is 6.38. The Morgan fingerprint density at radius 1 is 1.05 bits per heavy atom. The SMILES string of the molecule is CC(=O)N1CCCN(CC(C)C)CCN(C(=O)CCNc2nc(C)nc3sc(C)c(C)c23)Cc2ccccc21. The Hall–Kier alpha value is -3.04. The zero-order valence-corrected chi connectivity index (χ0v) is 25.0. The van der Waals surface area contributed by atoms with Crippen molar-refractivity contribution in [3.63, 3.8) is 0 Å². The van der Waals surface area contributed by atoms with Gasteiger partial charge in [0.2, 0.25) is 11.8 Å². The Bertz CT molecular complexity index is 1320. The normalized spacial score (nSPS) is 15.4. The van der Waals surface area contributed by atoms with Crippen molar-refractivity contribution in [1.82, 2.24) is 19.8 Å². The molecule has 0 fully saturated rings. The largest absolute Gasteiger partial charge is 0.369 e. The van der Waals surface area contributed by atoms with Crippen LogP contribution in [0, 0.1) is 26.7 Å². The molecule has 9 heteroatoms. The summed E-state index contributed by atoms with van der Waals surface area (Å²) in [4.78, 5) is 44.0. The number of carbonyl (C=O) groups is 2. The minimum absolute atomic E-state index is 0.0320. The molecule has 1 N–H and O–H groups in total. The van der Waals surface area contributed by atoms with E-state index in [4.69, 9.17) is 0 Å². The third-order valence-electron chi connectivity index (χ3n) is 7.31. The van der Waals surface area contributed by atoms with Gasteiger partial charge in [-0.3, -0.25) is 9.59 Å². The molecule has 0 saturated carbocycles. The molecule has 0 aliphatic carbocycles. The molecule has 210 valence electrons. The quantitative estimate of drug-likeness (QED) is 0.457. The summed E-state index contributed by atoms with van der Waals surface area (Å²) in [6.45, 7) is 17.2. The van der Waals surface area contributed by atoms with E-state index in [9.17, 15) is 9.59 Å². The molecule has 0 spiro atoms. The smallest absolute Gasteiger partial charge is 0.224 e. The van der Waals surface area contributed by atoms with Crippen LogP contribution < -0.4 is 10.2 Å². The number of thiophene rings is 1. The minimum atomic E-state index is 0.0320. The lowest BCUT2D eigenvalue weighted by molar-refractivity contribution is -0.131. The van der Waals surface area contributed by atoms with Crippen LogP contribution in [0.5, 0.6) is 0 Å². The molecule has 1 aliphatic rings. The van der Waals surface area contributed by atoms with Gasteiger partial charge >= 0.3 is 0 Å². The van der Waals surface area contributed by atoms with Crippen molar-refractivity contribution < 1.29 is 9.59 Å². The fourth-order valence-electron chi connectivity index (χ4n) is 5.31. The Morgan fingerprint density at radius 3 is 2.56 bits per heavy atom. The number of benzene rings is 1. The van der Waals surface area contributed by atoms with Gasteiger partial charge in [-0.2, -0.15) is 0 Å². The second kappa shape index (κ2) is 12.9. The van der Waals surface area contributed by atoms with Crippen LogP contribution in [0.15, 0.2) is 24.3 Å². The second-order valence-corrected chi connectivity index (χ2v) is 12.1. The van der Waals surface area contributed by atoms with Gasteiger partial charge in [-0.15, -0.1) is 11.3 Å². The summed E-state index contributed by atoms with van der Waals surface area (Å²) in [6, 6.07) is 7.99. The minimum Gasteiger partial charge on any atom is -0.369 e. The van der Waals surface area contributed by atoms with Crippen LogP contribution in [0.2, 0.25) is 0 Å². The third kappa shape index (κ3) is 7.13. The highest BCUT2D eigenvalue weighted by molar-refractivity contribution is 7.18. The lowest BCUT2D eigenvalue weighted by atomic mass is 10.1. The molecule has 1 aromatic carbocycles. The van der Waals surface area contributed by atoms with Crippen LogP contribution in [-0.4, -0.2) is 70.9 Å². The average molecular weight is 551 g/mol. The van der Waals surface area contributed by atoms with Crippen LogP contribution in [0.4, 0.5) is 11.5 Å². The van der Waals surface area contributed by atoms with Crippen molar-refractivity contribution in [1.29, 1.82) is 0 Å². The molecule has 0 bridgehead atoms. The molecular weight excluding hydrogens is 508 g/mol. The number of nitrogens with one attached hydrogen (secondary N) is 1. The number of nitrogens with zero attached hydrogens (tertiary/aromatic N) is 5. The van der Waals surface area contributed by atoms with Crippen molar-refractivity contribution in [2.75, 3.05) is 49.5 Å². The van der Waals surface area contributed by atoms with E-state index in [0.29, 0.717) is 38.5 Å². The monoisotopic (exact) mass is 550 g/mol. The highest BCUT2D eigenvalue weighted by atomic mass is 32.1. The van der Waals surface area contributed by atoms with Crippen LogP contribution >= 0.6 is 11.3 Å². The van der Waals surface area contributed by atoms with E-state index in [1.807, 2.05) is 41.0 Å². The highest BCUT2D eigenvalue weighted by Gasteiger charge is 2.22. The van der Waals surface area contributed by atoms with Gasteiger partial charge < -0.3 is 20.0 Å². The number of aryl methyl sites for hydroxylation is 3. The van der Waals surface area contributed by atoms with E-state index in [-0.39, 0.29) is 11.8 Å². The van der Waals surface area contributed by atoms with Crippen LogP contribution in [0.3, 0.4) is 0 Å². The molecule has 0 radical (unpaired) electrons. The standard InChI is InChI=1S/C30H42N6O2S/c1-20(2)18-34-14-9-15-36(24(6)37)26-11-8-7-10-25(26)19-35(17-16-34)27(38)12-13-31-29-28-21(3)22(4)39-30(28)33-23(5)32-29/h7-8,10-11,20H,9,12-19H2,1-6H3,(H,31,32,33). The Morgan fingerprint density at radius 2 is 1.82 bits per heavy atom. The summed E-state index contributed by atoms with van der Waals surface area (Å²) in [5.41, 5.74) is 3.09. The van der Waals surface area contributed by atoms with E-state index in [1.54, 1.807) is 18.3 Å². The molecule has 1 aliphatic heterocycles. The Kier molecular flexibility index (Phi) is 9.56. The first-order chi connectivity index (χ1) is 18.6. The lowest BCUT2D eigenvalue weighted by Gasteiger charge is -2.29. The van der Waals surface area contributed by atoms with E-state index in [0.717, 1.165) is 59.2 Å². The number of para-hydroxylation sites is 1. The molecular formula is C30H42N6O2S. The molecule has 4 rings (SSSR count). The van der Waals surface area contributed by atoms with Crippen molar-refractivity contribution in [3.8, 4) is 0 Å². The zero-order valence-electron chi connectivity index (χ0n) is 24.2. The number of hydrogen-bond donors (Lipinski definition) is 1. The van der Waals surface area contributed by atoms with Crippen molar-refractivity contribution in [2.45, 2.75) is 60.9 Å². The summed E-state index contributed by atoms with van der Waals surface area (Å²) in [6.07, 6.45) is 1.25. The molecule has 8 nitrogen and oxygen atoms in total. The summed E-state index contributed by atoms with van der Waals surface area (Å²) in [5, 5.41) is 4.48. The number of rotatable bonds is 6. The van der Waals surface area contributed by atoms with Crippen molar-refractivity contribution >= 4 is 44.9 Å². The number of anilines is 2. The van der Waals surface area contributed by atoms with Crippen molar-refractivity contribution in [3.05, 3.63) is 46.1 Å². The van der Waals surface area contributed by atoms with Crippen LogP contribution in [-0.2, 0) is 16.1 Å². The van der Waals surface area contributed by atoms with Gasteiger partial charge in [-0.25, -0.2) is 9.97 Å². The van der Waals surface area contributed by atoms with E-state index < -0.39 is 0 Å². The molecule has 39 heavy (non-hydrogen) atoms. The van der Waals surface area contributed by atoms with Gasteiger partial charge in [0.25, 0.3) is 0 Å². The third-order valence-corrected chi connectivity index (χ3v) is 8.41. The first-order valence-electron chi connectivity index (χ1n) is 14.0. The first kappa shape index (κ1) is 29.0. The maximum absolute atomic E-state index is 13.6. The van der Waals surface area contributed by atoms with E-state index in [1.165, 1.54) is 10.4 Å². The van der Waals surface area contributed by atoms with Gasteiger partial charge in [0.05, 0.1) is 5.39 Å². The van der Waals surface area contributed by atoms with Crippen LogP contribution in [0.1, 0.15) is 55.4 Å². The molecule has 3 heterocycles. The summed E-state index contributed by atoms with van der Waals surface area (Å²) < 4.78 is 0. The van der Waals surface area contributed by atoms with Gasteiger partial charge in [0.15, 0.2) is 0 Å². The number of hydrogen-bond acceptors (Lipinski definition) is 7. The Labute approximate surface area is 236 Å². The van der Waals surface area contributed by atoms with Crippen molar-refractivity contribution in [2.24, 2.45) is 5.92 Å². The summed E-state index contributed by atoms with van der Waals surface area (Å²) >= 11 is 1.68. The summed E-state index contributed by atoms with van der Waals surface area (Å²) in [7, 11) is 0. The molecule has 0 unspecified atom stereocenters. The van der Waals surface area contributed by atoms with Gasteiger partial charge in [-0.05, 0) is 56.8 Å². The average Bonchev–Trinajstić information content (AvgIpc) is 3.14. The predicted molar refractivity (Wildman–Crippen MR) is 161 cm³/mol. The Balaban J connectivity index is 1.54. The molecule has 2 aromatic heterocycles. The number of aromatic nitrogens is 2. The molecule has 2 amide bonds. The highest BCUT2D eigenvalue weighted by Crippen LogP contribution is 2.33. The molecule has 0 saturated heterocycles. The van der Waals surface area contributed by atoms with Gasteiger partial charge in [-0.1, -0.05) is 32.0 Å². The molecule has 3 aromatic rings. The molecule has 0 atom stereocenters. The second-order valence-electron chi connectivity index (χ2n) is 10.9. The zero-order chi connectivity index (χ0) is 28.1. The first-order valence-corrected chi connectivity index (χ1v) is 14.8. The van der Waals surface area contributed by atoms with Gasteiger partial charge in [0, 0.05) is 63.2 Å². The van der Waals surface area contributed by atoms with E-state index >= 15 is 0 Å². The van der Waals surface area contributed by atoms with Gasteiger partial charge in [0.1, 0.15) is 16.5 Å². The maximum Gasteiger partial charge on any atom is 0.224 e. The maximum atomic E-state index is 13.6. The number of amides is 2. The topological polar surface area (TPSA) is 81.7 Å². The van der Waals surface area contributed by atoms with E-state index in [2.05, 4.69) is 47.9 Å². The summed E-state index contributed by atoms with van der Waals surface area (Å²) in [5.74, 6) is 2.18. The predicted octanol–water partition coefficient (Wildman–Crippen LogP) is 5.16.